The van der Waals surface area contributed by atoms with E-state index in [0.29, 0.717) is 23.5 Å². The first kappa shape index (κ1) is 28.1. The number of carboxylic acid groups (broad SMARTS) is 1. The van der Waals surface area contributed by atoms with E-state index in [1.165, 1.54) is 12.1 Å². The summed E-state index contributed by atoms with van der Waals surface area (Å²) in [6, 6.07) is 16.5. The molecule has 0 aliphatic rings. The van der Waals surface area contributed by atoms with E-state index in [-0.39, 0.29) is 24.7 Å². The van der Waals surface area contributed by atoms with Gasteiger partial charge in [0.25, 0.3) is 0 Å². The van der Waals surface area contributed by atoms with E-state index < -0.39 is 17.7 Å². The normalized spacial score (nSPS) is 12.7. The average Bonchev–Trinajstić information content (AvgIpc) is 3.28. The van der Waals surface area contributed by atoms with Gasteiger partial charge in [-0.15, -0.1) is 0 Å². The van der Waals surface area contributed by atoms with Crippen LogP contribution in [0.25, 0.3) is 22.0 Å². The number of aliphatic carboxylic acids is 1. The standard InChI is InChI=1S/C31H31F3N2O3/c1-19(2)15-27(22-7-9-23(10-8-22)29(37)5-4-6-30(38)39)36-28-16-20(3)26(17-24(28)18-35-36)21-11-13-25(14-12-21)31(32,33)34/h7-14,16-19,27H,4-6,15H2,1-3H3,(H,38,39)/t27-/m1/s1. The number of rotatable bonds is 10. The summed E-state index contributed by atoms with van der Waals surface area (Å²) in [7, 11) is 0. The number of hydrogen-bond donors (Lipinski definition) is 1. The van der Waals surface area contributed by atoms with E-state index in [1.54, 1.807) is 18.3 Å². The highest BCUT2D eigenvalue weighted by molar-refractivity contribution is 5.96. The van der Waals surface area contributed by atoms with Crippen LogP contribution < -0.4 is 0 Å². The Bertz CT molecular complexity index is 1470. The maximum atomic E-state index is 13.0. The predicted molar refractivity (Wildman–Crippen MR) is 145 cm³/mol. The third kappa shape index (κ3) is 6.56. The van der Waals surface area contributed by atoms with Gasteiger partial charge in [0.05, 0.1) is 23.3 Å². The molecule has 1 heterocycles. The number of ketones is 1. The van der Waals surface area contributed by atoms with Crippen molar-refractivity contribution in [2.75, 3.05) is 0 Å². The molecule has 39 heavy (non-hydrogen) atoms. The molecule has 5 nitrogen and oxygen atoms in total. The van der Waals surface area contributed by atoms with Gasteiger partial charge in [-0.1, -0.05) is 50.2 Å². The summed E-state index contributed by atoms with van der Waals surface area (Å²) in [5, 5.41) is 14.4. The van der Waals surface area contributed by atoms with Crippen LogP contribution in [0.1, 0.15) is 72.6 Å². The first-order chi connectivity index (χ1) is 18.4. The Morgan fingerprint density at radius 3 is 2.23 bits per heavy atom. The van der Waals surface area contributed by atoms with Crippen molar-refractivity contribution in [3.8, 4) is 11.1 Å². The second kappa shape index (κ2) is 11.4. The lowest BCUT2D eigenvalue weighted by atomic mass is 9.94. The summed E-state index contributed by atoms with van der Waals surface area (Å²) in [6.45, 7) is 6.20. The molecule has 0 spiro atoms. The Labute approximate surface area is 225 Å². The van der Waals surface area contributed by atoms with E-state index in [2.05, 4.69) is 13.8 Å². The number of alkyl halides is 3. The Hall–Kier alpha value is -3.94. The summed E-state index contributed by atoms with van der Waals surface area (Å²) >= 11 is 0. The van der Waals surface area contributed by atoms with Crippen LogP contribution in [0, 0.1) is 12.8 Å². The first-order valence-corrected chi connectivity index (χ1v) is 12.9. The van der Waals surface area contributed by atoms with Gasteiger partial charge < -0.3 is 5.11 Å². The number of aromatic nitrogens is 2. The fourth-order valence-electron chi connectivity index (χ4n) is 4.86. The molecule has 0 saturated heterocycles. The molecule has 0 saturated carbocycles. The smallest absolute Gasteiger partial charge is 0.416 e. The molecule has 8 heteroatoms. The van der Waals surface area contributed by atoms with E-state index >= 15 is 0 Å². The van der Waals surface area contributed by atoms with Crippen LogP contribution in [-0.2, 0) is 11.0 Å². The number of fused-ring (bicyclic) bond motifs is 1. The molecule has 4 rings (SSSR count). The molecule has 1 N–H and O–H groups in total. The second-order valence-electron chi connectivity index (χ2n) is 10.3. The second-order valence-corrected chi connectivity index (χ2v) is 10.3. The topological polar surface area (TPSA) is 72.2 Å². The van der Waals surface area contributed by atoms with Crippen molar-refractivity contribution in [3.05, 3.63) is 89.1 Å². The molecule has 0 unspecified atom stereocenters. The van der Waals surface area contributed by atoms with Gasteiger partial charge in [0.2, 0.25) is 0 Å². The lowest BCUT2D eigenvalue weighted by Crippen LogP contribution is -2.15. The third-order valence-corrected chi connectivity index (χ3v) is 6.87. The molecule has 0 aliphatic carbocycles. The van der Waals surface area contributed by atoms with Crippen molar-refractivity contribution in [3.63, 3.8) is 0 Å². The van der Waals surface area contributed by atoms with Crippen LogP contribution in [0.4, 0.5) is 13.2 Å². The van der Waals surface area contributed by atoms with Gasteiger partial charge in [-0.05, 0) is 72.2 Å². The van der Waals surface area contributed by atoms with E-state index in [1.807, 2.05) is 35.9 Å². The van der Waals surface area contributed by atoms with Crippen molar-refractivity contribution in [2.45, 2.75) is 58.7 Å². The molecule has 204 valence electrons. The van der Waals surface area contributed by atoms with Gasteiger partial charge >= 0.3 is 12.1 Å². The third-order valence-electron chi connectivity index (χ3n) is 6.87. The summed E-state index contributed by atoms with van der Waals surface area (Å²) in [6.07, 6.45) is -1.34. The summed E-state index contributed by atoms with van der Waals surface area (Å²) in [5.41, 5.74) is 4.27. The Kier molecular flexibility index (Phi) is 8.23. The number of hydrogen-bond acceptors (Lipinski definition) is 3. The van der Waals surface area contributed by atoms with Crippen LogP contribution in [0.2, 0.25) is 0 Å². The fraction of sp³-hybridized carbons (Fsp3) is 0.323. The van der Waals surface area contributed by atoms with Crippen molar-refractivity contribution >= 4 is 22.7 Å². The van der Waals surface area contributed by atoms with Crippen molar-refractivity contribution in [1.82, 2.24) is 9.78 Å². The SMILES string of the molecule is Cc1cc2c(cnn2[C@H](CC(C)C)c2ccc(C(=O)CCCC(=O)O)cc2)cc1-c1ccc(C(F)(F)F)cc1. The molecule has 0 bridgehead atoms. The summed E-state index contributed by atoms with van der Waals surface area (Å²) in [4.78, 5) is 23.2. The molecular weight excluding hydrogens is 505 g/mol. The number of carbonyl (C=O) groups excluding carboxylic acids is 1. The molecule has 0 aliphatic heterocycles. The molecule has 1 atom stereocenters. The molecule has 0 amide bonds. The van der Waals surface area contributed by atoms with Gasteiger partial charge in [0.1, 0.15) is 0 Å². The van der Waals surface area contributed by atoms with Crippen molar-refractivity contribution in [2.24, 2.45) is 5.92 Å². The van der Waals surface area contributed by atoms with Gasteiger partial charge in [-0.25, -0.2) is 0 Å². The zero-order valence-electron chi connectivity index (χ0n) is 22.1. The minimum Gasteiger partial charge on any atom is -0.481 e. The molecular formula is C31H31F3N2O3. The van der Waals surface area contributed by atoms with Gasteiger partial charge in [-0.2, -0.15) is 18.3 Å². The molecule has 3 aromatic carbocycles. The highest BCUT2D eigenvalue weighted by Crippen LogP contribution is 2.35. The van der Waals surface area contributed by atoms with Gasteiger partial charge in [0, 0.05) is 23.8 Å². The Balaban J connectivity index is 1.64. The molecule has 0 radical (unpaired) electrons. The zero-order chi connectivity index (χ0) is 28.3. The fourth-order valence-corrected chi connectivity index (χ4v) is 4.86. The molecule has 1 aromatic heterocycles. The van der Waals surface area contributed by atoms with Gasteiger partial charge in [-0.3, -0.25) is 14.3 Å². The molecule has 0 fully saturated rings. The molecule has 4 aromatic rings. The van der Waals surface area contributed by atoms with Crippen LogP contribution in [-0.4, -0.2) is 26.6 Å². The van der Waals surface area contributed by atoms with Crippen LogP contribution in [0.3, 0.4) is 0 Å². The maximum Gasteiger partial charge on any atom is 0.416 e. The number of nitrogens with zero attached hydrogens (tertiary/aromatic N) is 2. The average molecular weight is 537 g/mol. The van der Waals surface area contributed by atoms with Crippen LogP contribution >= 0.6 is 0 Å². The minimum absolute atomic E-state index is 0.0351. The minimum atomic E-state index is -4.38. The number of benzene rings is 3. The predicted octanol–water partition coefficient (Wildman–Crippen LogP) is 8.10. The first-order valence-electron chi connectivity index (χ1n) is 12.9. The Morgan fingerprint density at radius 2 is 1.64 bits per heavy atom. The van der Waals surface area contributed by atoms with Crippen LogP contribution in [0.15, 0.2) is 66.9 Å². The number of aryl methyl sites for hydroxylation is 1. The lowest BCUT2D eigenvalue weighted by molar-refractivity contribution is -0.138. The quantitative estimate of drug-likeness (QED) is 0.208. The van der Waals surface area contributed by atoms with E-state index in [9.17, 15) is 22.8 Å². The highest BCUT2D eigenvalue weighted by atomic mass is 19.4. The van der Waals surface area contributed by atoms with Crippen LogP contribution in [0.5, 0.6) is 0 Å². The summed E-state index contributed by atoms with van der Waals surface area (Å²) in [5.74, 6) is -0.638. The Morgan fingerprint density at radius 1 is 0.974 bits per heavy atom. The largest absolute Gasteiger partial charge is 0.481 e. The highest BCUT2D eigenvalue weighted by Gasteiger charge is 2.30. The van der Waals surface area contributed by atoms with Crippen molar-refractivity contribution in [1.29, 1.82) is 0 Å². The monoisotopic (exact) mass is 536 g/mol. The van der Waals surface area contributed by atoms with Gasteiger partial charge in [0.15, 0.2) is 5.78 Å². The number of carboxylic acids is 1. The number of halogens is 3. The van der Waals surface area contributed by atoms with Crippen molar-refractivity contribution < 1.29 is 27.9 Å². The summed E-state index contributed by atoms with van der Waals surface area (Å²) < 4.78 is 41.0. The number of carbonyl (C=O) groups is 2. The maximum absolute atomic E-state index is 13.0. The lowest BCUT2D eigenvalue weighted by Gasteiger charge is -2.22. The van der Waals surface area contributed by atoms with E-state index in [0.717, 1.165) is 46.1 Å². The zero-order valence-corrected chi connectivity index (χ0v) is 22.1. The number of Topliss-reactive ketones (excluding diaryl/α,β-unsaturated/α-hetero) is 1. The van der Waals surface area contributed by atoms with E-state index in [4.69, 9.17) is 10.2 Å².